The van der Waals surface area contributed by atoms with Crippen molar-refractivity contribution in [3.8, 4) is 5.75 Å². The number of hydrogen-bond acceptors (Lipinski definition) is 6. The first-order valence-electron chi connectivity index (χ1n) is 11.0. The Labute approximate surface area is 206 Å². The van der Waals surface area contributed by atoms with E-state index in [9.17, 15) is 4.39 Å². The van der Waals surface area contributed by atoms with Crippen molar-refractivity contribution in [2.75, 3.05) is 12.4 Å². The number of fused-ring (bicyclic) bond motifs is 1. The first-order chi connectivity index (χ1) is 17.0. The number of rotatable bonds is 8. The van der Waals surface area contributed by atoms with Crippen molar-refractivity contribution in [2.24, 2.45) is 0 Å². The highest BCUT2D eigenvalue weighted by Gasteiger charge is 2.15. The van der Waals surface area contributed by atoms with E-state index < -0.39 is 5.82 Å². The Hall–Kier alpha value is -3.98. The van der Waals surface area contributed by atoms with E-state index in [-0.39, 0.29) is 18.3 Å². The molecule has 0 radical (unpaired) electrons. The third-order valence-electron chi connectivity index (χ3n) is 5.90. The Morgan fingerprint density at radius 3 is 2.71 bits per heavy atom. The molecule has 3 heterocycles. The molecule has 2 aromatic carbocycles. The van der Waals surface area contributed by atoms with E-state index in [1.165, 1.54) is 25.1 Å². The smallest absolute Gasteiger partial charge is 0.186 e. The highest BCUT2D eigenvalue weighted by Crippen LogP contribution is 2.28. The van der Waals surface area contributed by atoms with Crippen molar-refractivity contribution in [3.63, 3.8) is 0 Å². The van der Waals surface area contributed by atoms with E-state index in [2.05, 4.69) is 56.7 Å². The number of nitrogens with one attached hydrogen (secondary N) is 1. The zero-order valence-corrected chi connectivity index (χ0v) is 19.9. The van der Waals surface area contributed by atoms with E-state index in [4.69, 9.17) is 16.3 Å². The third kappa shape index (κ3) is 4.67. The van der Waals surface area contributed by atoms with Crippen LogP contribution in [0.4, 0.5) is 10.2 Å². The van der Waals surface area contributed by atoms with Crippen molar-refractivity contribution in [1.29, 1.82) is 0 Å². The molecule has 8 nitrogen and oxygen atoms in total. The first-order valence-corrected chi connectivity index (χ1v) is 11.4. The van der Waals surface area contributed by atoms with Gasteiger partial charge in [-0.15, -0.1) is 0 Å². The van der Waals surface area contributed by atoms with Gasteiger partial charge < -0.3 is 10.1 Å². The fourth-order valence-electron chi connectivity index (χ4n) is 3.93. The number of methoxy groups -OCH3 is 1. The maximum atomic E-state index is 14.7. The first kappa shape index (κ1) is 22.8. The van der Waals surface area contributed by atoms with Crippen LogP contribution < -0.4 is 10.1 Å². The van der Waals surface area contributed by atoms with Gasteiger partial charge in [0.05, 0.1) is 25.1 Å². The highest BCUT2D eigenvalue weighted by molar-refractivity contribution is 6.31. The van der Waals surface area contributed by atoms with Gasteiger partial charge in [0.1, 0.15) is 12.1 Å². The SMILES string of the molecule is COc1ccc(Cl)c(CNc2ncnc3nn(Cc4ccc(C(C)n5cccn5)cc4)cc23)c1F. The fraction of sp³-hybridized carbons (Fsp3) is 0.200. The number of nitrogens with zero attached hydrogens (tertiary/aromatic N) is 6. The molecule has 0 aliphatic heterocycles. The summed E-state index contributed by atoms with van der Waals surface area (Å²) in [5, 5.41) is 13.1. The minimum Gasteiger partial charge on any atom is -0.494 e. The predicted octanol–water partition coefficient (Wildman–Crippen LogP) is 5.09. The van der Waals surface area contributed by atoms with Crippen LogP contribution in [0.3, 0.4) is 0 Å². The third-order valence-corrected chi connectivity index (χ3v) is 6.25. The summed E-state index contributed by atoms with van der Waals surface area (Å²) in [7, 11) is 1.42. The second-order valence-corrected chi connectivity index (χ2v) is 8.49. The minimum absolute atomic E-state index is 0.134. The molecule has 1 unspecified atom stereocenters. The van der Waals surface area contributed by atoms with Gasteiger partial charge in [-0.05, 0) is 36.2 Å². The molecule has 0 amide bonds. The number of hydrogen-bond donors (Lipinski definition) is 1. The zero-order valence-electron chi connectivity index (χ0n) is 19.2. The Bertz CT molecular complexity index is 1450. The molecule has 5 aromatic rings. The molecule has 10 heteroatoms. The van der Waals surface area contributed by atoms with Crippen molar-refractivity contribution in [3.05, 3.63) is 94.9 Å². The molecule has 0 bridgehead atoms. The van der Waals surface area contributed by atoms with Gasteiger partial charge in [0, 0.05) is 35.7 Å². The number of halogens is 2. The summed E-state index contributed by atoms with van der Waals surface area (Å²) in [4.78, 5) is 8.59. The van der Waals surface area contributed by atoms with Gasteiger partial charge in [0.2, 0.25) is 0 Å². The number of benzene rings is 2. The Kier molecular flexibility index (Phi) is 6.33. The van der Waals surface area contributed by atoms with Crippen LogP contribution in [0.15, 0.2) is 67.4 Å². The van der Waals surface area contributed by atoms with Gasteiger partial charge in [-0.1, -0.05) is 35.9 Å². The quantitative estimate of drug-likeness (QED) is 0.325. The lowest BCUT2D eigenvalue weighted by Crippen LogP contribution is -2.07. The van der Waals surface area contributed by atoms with Gasteiger partial charge in [-0.3, -0.25) is 9.36 Å². The molecule has 35 heavy (non-hydrogen) atoms. The van der Waals surface area contributed by atoms with Crippen LogP contribution in [0.25, 0.3) is 11.0 Å². The van der Waals surface area contributed by atoms with Crippen LogP contribution in [-0.2, 0) is 13.1 Å². The van der Waals surface area contributed by atoms with Gasteiger partial charge in [-0.25, -0.2) is 14.4 Å². The maximum Gasteiger partial charge on any atom is 0.186 e. The fourth-order valence-corrected chi connectivity index (χ4v) is 4.14. The van der Waals surface area contributed by atoms with Crippen molar-refractivity contribution in [2.45, 2.75) is 26.1 Å². The molecule has 0 spiro atoms. The molecule has 0 saturated heterocycles. The summed E-state index contributed by atoms with van der Waals surface area (Å²) in [6, 6.07) is 13.5. The highest BCUT2D eigenvalue weighted by atomic mass is 35.5. The van der Waals surface area contributed by atoms with Gasteiger partial charge in [0.15, 0.2) is 17.2 Å². The van der Waals surface area contributed by atoms with E-state index in [1.54, 1.807) is 12.3 Å². The largest absolute Gasteiger partial charge is 0.494 e. The summed E-state index contributed by atoms with van der Waals surface area (Å²) in [5.74, 6) is 0.179. The summed E-state index contributed by atoms with van der Waals surface area (Å²) >= 11 is 6.21. The van der Waals surface area contributed by atoms with Crippen LogP contribution in [0.1, 0.15) is 29.7 Å². The normalized spacial score (nSPS) is 12.1. The second-order valence-electron chi connectivity index (χ2n) is 8.09. The van der Waals surface area contributed by atoms with E-state index in [0.29, 0.717) is 28.6 Å². The molecule has 5 rings (SSSR count). The minimum atomic E-state index is -0.501. The number of anilines is 1. The molecule has 0 fully saturated rings. The standard InChI is InChI=1S/C25H23ClFN7O/c1-16(34-11-3-10-31-34)18-6-4-17(5-7-18)13-33-14-20-24(29-15-30-25(20)32-33)28-12-19-21(26)8-9-22(35-2)23(19)27/h3-11,14-16H,12-13H2,1-2H3,(H,28,29,30,32). The zero-order chi connectivity index (χ0) is 24.4. The Balaban J connectivity index is 1.33. The van der Waals surface area contributed by atoms with E-state index >= 15 is 0 Å². The van der Waals surface area contributed by atoms with Crippen molar-refractivity contribution in [1.82, 2.24) is 29.5 Å². The summed E-state index contributed by atoms with van der Waals surface area (Å²) in [5.41, 5.74) is 3.11. The van der Waals surface area contributed by atoms with Crippen LogP contribution in [0.2, 0.25) is 5.02 Å². The average Bonchev–Trinajstić information content (AvgIpc) is 3.54. The lowest BCUT2D eigenvalue weighted by molar-refractivity contribution is 0.384. The van der Waals surface area contributed by atoms with E-state index in [0.717, 1.165) is 10.9 Å². The second kappa shape index (κ2) is 9.71. The van der Waals surface area contributed by atoms with Crippen LogP contribution in [-0.4, -0.2) is 36.6 Å². The molecule has 0 aliphatic rings. The monoisotopic (exact) mass is 491 g/mol. The Morgan fingerprint density at radius 1 is 1.14 bits per heavy atom. The topological polar surface area (TPSA) is 82.7 Å². The van der Waals surface area contributed by atoms with Gasteiger partial charge in [-0.2, -0.15) is 10.2 Å². The summed E-state index contributed by atoms with van der Waals surface area (Å²) in [6.45, 7) is 2.82. The molecular weight excluding hydrogens is 469 g/mol. The lowest BCUT2D eigenvalue weighted by atomic mass is 10.1. The van der Waals surface area contributed by atoms with E-state index in [1.807, 2.05) is 27.8 Å². The maximum absolute atomic E-state index is 14.7. The Morgan fingerprint density at radius 2 is 1.97 bits per heavy atom. The lowest BCUT2D eigenvalue weighted by Gasteiger charge is -2.13. The van der Waals surface area contributed by atoms with Crippen molar-refractivity contribution < 1.29 is 9.13 Å². The van der Waals surface area contributed by atoms with Crippen LogP contribution in [0, 0.1) is 5.82 Å². The van der Waals surface area contributed by atoms with Gasteiger partial charge >= 0.3 is 0 Å². The molecule has 0 saturated carbocycles. The predicted molar refractivity (Wildman–Crippen MR) is 132 cm³/mol. The molecule has 1 N–H and O–H groups in total. The average molecular weight is 492 g/mol. The molecule has 1 atom stereocenters. The summed E-state index contributed by atoms with van der Waals surface area (Å²) in [6.07, 6.45) is 7.04. The number of ether oxygens (including phenoxy) is 1. The number of aromatic nitrogens is 6. The van der Waals surface area contributed by atoms with Crippen LogP contribution >= 0.6 is 11.6 Å². The van der Waals surface area contributed by atoms with Crippen LogP contribution in [0.5, 0.6) is 5.75 Å². The molecule has 0 aliphatic carbocycles. The molecule has 178 valence electrons. The molecule has 3 aromatic heterocycles. The summed E-state index contributed by atoms with van der Waals surface area (Å²) < 4.78 is 23.4. The van der Waals surface area contributed by atoms with Crippen molar-refractivity contribution >= 4 is 28.5 Å². The van der Waals surface area contributed by atoms with Gasteiger partial charge in [0.25, 0.3) is 0 Å². The molecular formula is C25H23ClFN7O.